The number of benzene rings is 4. The van der Waals surface area contributed by atoms with Crippen LogP contribution in [0.5, 0.6) is 0 Å². The lowest BCUT2D eigenvalue weighted by Crippen LogP contribution is -2.41. The molecule has 0 radical (unpaired) electrons. The molecule has 34 heavy (non-hydrogen) atoms. The quantitative estimate of drug-likeness (QED) is 0.343. The third-order valence-corrected chi connectivity index (χ3v) is 7.34. The van der Waals surface area contributed by atoms with Crippen molar-refractivity contribution < 1.29 is 0 Å². The summed E-state index contributed by atoms with van der Waals surface area (Å²) < 4.78 is 0. The summed E-state index contributed by atoms with van der Waals surface area (Å²) in [6.07, 6.45) is 5.91. The molecule has 1 spiro atoms. The second-order valence-electron chi connectivity index (χ2n) is 8.98. The van der Waals surface area contributed by atoms with E-state index >= 15 is 0 Å². The molecule has 0 atom stereocenters. The summed E-state index contributed by atoms with van der Waals surface area (Å²) in [5, 5.41) is 11.7. The van der Waals surface area contributed by atoms with Crippen molar-refractivity contribution in [2.75, 3.05) is 11.4 Å². The molecule has 4 aromatic rings. The molecule has 7 rings (SSSR count). The van der Waals surface area contributed by atoms with Gasteiger partial charge >= 0.3 is 0 Å². The number of para-hydroxylation sites is 3. The predicted octanol–water partition coefficient (Wildman–Crippen LogP) is 6.69. The van der Waals surface area contributed by atoms with E-state index in [1.54, 1.807) is 0 Å². The molecule has 3 heteroatoms. The van der Waals surface area contributed by atoms with Gasteiger partial charge in [-0.2, -0.15) is 0 Å². The Bertz CT molecular complexity index is 1480. The zero-order valence-electron chi connectivity index (χ0n) is 18.6. The highest BCUT2D eigenvalue weighted by molar-refractivity contribution is 5.98. The molecule has 2 heterocycles. The number of allylic oxidation sites excluding steroid dienone is 3. The fourth-order valence-corrected chi connectivity index (χ4v) is 6.07. The summed E-state index contributed by atoms with van der Waals surface area (Å²) in [6, 6.07) is 34.6. The van der Waals surface area contributed by atoms with Crippen molar-refractivity contribution in [2.45, 2.75) is 5.41 Å². The predicted molar refractivity (Wildman–Crippen MR) is 139 cm³/mol. The molecule has 0 saturated heterocycles. The van der Waals surface area contributed by atoms with Gasteiger partial charge in [-0.1, -0.05) is 78.9 Å². The standard InChI is InChI=1S/C31H23N3/c32-20-21-16-17-23-24-11-8-18-33-30(24)31(27(23)19-21)25-12-4-6-14-28(25)34(22-9-2-1-3-10-22)29-15-7-5-13-26(29)31/h1-17,19-20,32-33H,18H2. The maximum atomic E-state index is 7.97. The second-order valence-corrected chi connectivity index (χ2v) is 8.98. The summed E-state index contributed by atoms with van der Waals surface area (Å²) in [6.45, 7) is 0.804. The normalized spacial score (nSPS) is 16.4. The fourth-order valence-electron chi connectivity index (χ4n) is 6.07. The Morgan fingerprint density at radius 2 is 1.44 bits per heavy atom. The van der Waals surface area contributed by atoms with E-state index in [1.807, 2.05) is 0 Å². The van der Waals surface area contributed by atoms with Crippen molar-refractivity contribution in [3.8, 4) is 0 Å². The van der Waals surface area contributed by atoms with Gasteiger partial charge in [0.25, 0.3) is 0 Å². The van der Waals surface area contributed by atoms with Gasteiger partial charge in [-0.3, -0.25) is 0 Å². The highest BCUT2D eigenvalue weighted by Gasteiger charge is 2.53. The number of nitrogens with one attached hydrogen (secondary N) is 2. The van der Waals surface area contributed by atoms with Crippen LogP contribution >= 0.6 is 0 Å². The molecule has 2 aliphatic heterocycles. The minimum absolute atomic E-state index is 0.465. The molecule has 0 saturated carbocycles. The Hall–Kier alpha value is -4.37. The van der Waals surface area contributed by atoms with Crippen LogP contribution in [0.2, 0.25) is 0 Å². The number of fused-ring (bicyclic) bond motifs is 8. The molecule has 0 aromatic heterocycles. The second kappa shape index (κ2) is 7.06. The van der Waals surface area contributed by atoms with Gasteiger partial charge in [0.15, 0.2) is 0 Å². The summed E-state index contributed by atoms with van der Waals surface area (Å²) in [5.41, 5.74) is 11.4. The van der Waals surface area contributed by atoms with Crippen LogP contribution in [0.1, 0.15) is 27.8 Å². The Kier molecular flexibility index (Phi) is 3.97. The van der Waals surface area contributed by atoms with Gasteiger partial charge in [-0.05, 0) is 58.1 Å². The molecular formula is C31H23N3. The van der Waals surface area contributed by atoms with Gasteiger partial charge in [0.1, 0.15) is 0 Å². The monoisotopic (exact) mass is 437 g/mol. The Balaban J connectivity index is 1.65. The first-order valence-corrected chi connectivity index (χ1v) is 11.7. The van der Waals surface area contributed by atoms with Gasteiger partial charge in [0.2, 0.25) is 0 Å². The van der Waals surface area contributed by atoms with Gasteiger partial charge in [0, 0.05) is 29.7 Å². The molecule has 3 aliphatic rings. The molecule has 1 aliphatic carbocycles. The van der Waals surface area contributed by atoms with Gasteiger partial charge in [-0.15, -0.1) is 0 Å². The summed E-state index contributed by atoms with van der Waals surface area (Å²) in [5.74, 6) is 0. The Labute approximate surface area is 199 Å². The van der Waals surface area contributed by atoms with E-state index in [9.17, 15) is 0 Å². The van der Waals surface area contributed by atoms with Crippen molar-refractivity contribution in [3.05, 3.63) is 143 Å². The van der Waals surface area contributed by atoms with Crippen molar-refractivity contribution >= 4 is 28.8 Å². The van der Waals surface area contributed by atoms with Crippen molar-refractivity contribution in [1.29, 1.82) is 5.41 Å². The topological polar surface area (TPSA) is 39.1 Å². The van der Waals surface area contributed by atoms with E-state index < -0.39 is 5.41 Å². The molecule has 162 valence electrons. The fraction of sp³-hybridized carbons (Fsp3) is 0.0645. The van der Waals surface area contributed by atoms with E-state index in [1.165, 1.54) is 51.1 Å². The zero-order valence-corrected chi connectivity index (χ0v) is 18.6. The van der Waals surface area contributed by atoms with Gasteiger partial charge < -0.3 is 15.6 Å². The lowest BCUT2D eigenvalue weighted by Gasteiger charge is -2.46. The molecule has 2 N–H and O–H groups in total. The first kappa shape index (κ1) is 19.1. The summed E-state index contributed by atoms with van der Waals surface area (Å²) in [4.78, 5) is 2.38. The largest absolute Gasteiger partial charge is 0.383 e. The van der Waals surface area contributed by atoms with Crippen molar-refractivity contribution in [2.24, 2.45) is 0 Å². The van der Waals surface area contributed by atoms with Gasteiger partial charge in [-0.25, -0.2) is 0 Å². The minimum atomic E-state index is -0.465. The highest BCUT2D eigenvalue weighted by atomic mass is 15.2. The van der Waals surface area contributed by atoms with Crippen LogP contribution in [0.4, 0.5) is 17.1 Å². The minimum Gasteiger partial charge on any atom is -0.383 e. The Morgan fingerprint density at radius 3 is 2.15 bits per heavy atom. The van der Waals surface area contributed by atoms with Crippen LogP contribution in [-0.2, 0) is 5.41 Å². The number of hydrogen-bond donors (Lipinski definition) is 2. The SMILES string of the molecule is N=Cc1ccc2c(c1)C1(C3=C2C=CCN3)c2ccccc2N(c2ccccc2)c2ccccc21. The van der Waals surface area contributed by atoms with Crippen LogP contribution in [0.3, 0.4) is 0 Å². The number of rotatable bonds is 2. The Morgan fingerprint density at radius 1 is 0.765 bits per heavy atom. The zero-order chi connectivity index (χ0) is 22.7. The number of hydrogen-bond acceptors (Lipinski definition) is 3. The smallest absolute Gasteiger partial charge is 0.0901 e. The maximum Gasteiger partial charge on any atom is 0.0901 e. The van der Waals surface area contributed by atoms with E-state index in [-0.39, 0.29) is 0 Å². The molecular weight excluding hydrogens is 414 g/mol. The summed E-state index contributed by atoms with van der Waals surface area (Å²) in [7, 11) is 0. The average Bonchev–Trinajstić information content (AvgIpc) is 3.20. The van der Waals surface area contributed by atoms with E-state index in [0.29, 0.717) is 0 Å². The average molecular weight is 438 g/mol. The van der Waals surface area contributed by atoms with Gasteiger partial charge in [0.05, 0.1) is 16.8 Å². The highest BCUT2D eigenvalue weighted by Crippen LogP contribution is 2.62. The molecule has 0 fully saturated rings. The summed E-state index contributed by atoms with van der Waals surface area (Å²) >= 11 is 0. The van der Waals surface area contributed by atoms with Crippen LogP contribution in [-0.4, -0.2) is 12.8 Å². The first-order chi connectivity index (χ1) is 16.8. The molecule has 0 unspecified atom stereocenters. The molecule has 0 bridgehead atoms. The van der Waals surface area contributed by atoms with E-state index in [4.69, 9.17) is 5.41 Å². The van der Waals surface area contributed by atoms with Crippen LogP contribution in [0.25, 0.3) is 5.57 Å². The van der Waals surface area contributed by atoms with Crippen molar-refractivity contribution in [3.63, 3.8) is 0 Å². The third kappa shape index (κ3) is 2.33. The maximum absolute atomic E-state index is 7.97. The number of nitrogens with zero attached hydrogens (tertiary/aromatic N) is 1. The van der Waals surface area contributed by atoms with Crippen LogP contribution < -0.4 is 10.2 Å². The van der Waals surface area contributed by atoms with E-state index in [2.05, 4.69) is 119 Å². The lowest BCUT2D eigenvalue weighted by atomic mass is 9.65. The molecule has 0 amide bonds. The van der Waals surface area contributed by atoms with Crippen molar-refractivity contribution in [1.82, 2.24) is 5.32 Å². The number of anilines is 3. The third-order valence-electron chi connectivity index (χ3n) is 7.34. The number of dihydropyridines is 1. The van der Waals surface area contributed by atoms with E-state index in [0.717, 1.165) is 17.8 Å². The lowest BCUT2D eigenvalue weighted by molar-refractivity contribution is 0.659. The van der Waals surface area contributed by atoms with Crippen LogP contribution in [0.15, 0.2) is 115 Å². The molecule has 3 nitrogen and oxygen atoms in total. The van der Waals surface area contributed by atoms with Crippen LogP contribution in [0, 0.1) is 5.41 Å². The molecule has 4 aromatic carbocycles. The first-order valence-electron chi connectivity index (χ1n) is 11.7.